The number of hydrogen-bond acceptors (Lipinski definition) is 2. The molecule has 0 saturated heterocycles. The van der Waals surface area contributed by atoms with Gasteiger partial charge in [-0.3, -0.25) is 0 Å². The van der Waals surface area contributed by atoms with Crippen molar-refractivity contribution in [2.75, 3.05) is 0 Å². The van der Waals surface area contributed by atoms with Gasteiger partial charge in [0, 0.05) is 22.3 Å². The van der Waals surface area contributed by atoms with E-state index in [2.05, 4.69) is 45.0 Å². The van der Waals surface area contributed by atoms with Gasteiger partial charge in [0.2, 0.25) is 0 Å². The molecule has 0 N–H and O–H groups in total. The van der Waals surface area contributed by atoms with Crippen molar-refractivity contribution >= 4 is 40.5 Å². The van der Waals surface area contributed by atoms with Crippen molar-refractivity contribution in [1.29, 1.82) is 0 Å². The van der Waals surface area contributed by atoms with Gasteiger partial charge in [0.15, 0.2) is 0 Å². The van der Waals surface area contributed by atoms with Gasteiger partial charge in [0.05, 0.1) is 0 Å². The molecule has 1 aliphatic rings. The summed E-state index contributed by atoms with van der Waals surface area (Å²) in [5, 5.41) is 0. The van der Waals surface area contributed by atoms with Gasteiger partial charge in [-0.15, -0.1) is 0 Å². The van der Waals surface area contributed by atoms with Crippen molar-refractivity contribution in [3.63, 3.8) is 0 Å². The Kier molecular flexibility index (Phi) is 6.31. The highest BCUT2D eigenvalue weighted by atomic mass is 16.3. The van der Waals surface area contributed by atoms with Crippen molar-refractivity contribution in [2.45, 2.75) is 20.8 Å². The average molecular weight is 409 g/mol. The minimum atomic E-state index is 0.679. The molecule has 0 saturated carbocycles. The lowest BCUT2D eigenvalue weighted by molar-refractivity contribution is 0.523. The molecule has 31 heavy (non-hydrogen) atoms. The van der Waals surface area contributed by atoms with Gasteiger partial charge in [-0.25, -0.2) is 0 Å². The minimum absolute atomic E-state index is 0.679. The summed E-state index contributed by atoms with van der Waals surface area (Å²) in [6.07, 6.45) is 17.0. The molecule has 1 aliphatic carbocycles. The fraction of sp³-hybridized carbons (Fsp3) is 0.103. The predicted molar refractivity (Wildman–Crippen MR) is 136 cm³/mol. The molecule has 0 aromatic carbocycles. The molecule has 0 radical (unpaired) electrons. The SMILES string of the molecule is C=C/C=C1/C(=C/C)c2c(C=C)oc(C=C)c2C(=C\C=C)/C(=C/C)c2c(C=C)oc(C)c21. The topological polar surface area (TPSA) is 26.3 Å². The molecule has 0 fully saturated rings. The molecular weight excluding hydrogens is 380 g/mol. The number of hydrogen-bond donors (Lipinski definition) is 0. The van der Waals surface area contributed by atoms with Crippen molar-refractivity contribution in [3.05, 3.63) is 115 Å². The number of furan rings is 2. The quantitative estimate of drug-likeness (QED) is 0.494. The van der Waals surface area contributed by atoms with E-state index < -0.39 is 0 Å². The first kappa shape index (κ1) is 21.9. The van der Waals surface area contributed by atoms with Crippen LogP contribution in [0, 0.1) is 6.92 Å². The molecule has 0 bridgehead atoms. The van der Waals surface area contributed by atoms with Crippen LogP contribution in [0.15, 0.2) is 78.2 Å². The van der Waals surface area contributed by atoms with Crippen LogP contribution in [0.4, 0.5) is 0 Å². The van der Waals surface area contributed by atoms with Gasteiger partial charge in [-0.2, -0.15) is 0 Å². The zero-order valence-electron chi connectivity index (χ0n) is 18.5. The van der Waals surface area contributed by atoms with Crippen LogP contribution >= 0.6 is 0 Å². The van der Waals surface area contributed by atoms with Gasteiger partial charge >= 0.3 is 0 Å². The second kappa shape index (κ2) is 8.93. The van der Waals surface area contributed by atoms with E-state index in [1.54, 1.807) is 30.4 Å². The van der Waals surface area contributed by atoms with Gasteiger partial charge in [0.25, 0.3) is 0 Å². The third kappa shape index (κ3) is 3.30. The number of aryl methyl sites for hydroxylation is 1. The zero-order chi connectivity index (χ0) is 22.7. The molecule has 0 atom stereocenters. The van der Waals surface area contributed by atoms with Crippen molar-refractivity contribution in [3.8, 4) is 0 Å². The molecule has 0 unspecified atom stereocenters. The van der Waals surface area contributed by atoms with Crippen molar-refractivity contribution in [2.24, 2.45) is 0 Å². The second-order valence-electron chi connectivity index (χ2n) is 7.00. The van der Waals surface area contributed by atoms with Crippen LogP contribution < -0.4 is 0 Å². The molecule has 2 heteroatoms. The number of rotatable bonds is 5. The summed E-state index contributed by atoms with van der Waals surface area (Å²) in [4.78, 5) is 0. The largest absolute Gasteiger partial charge is 0.461 e. The van der Waals surface area contributed by atoms with Crippen LogP contribution in [-0.2, 0) is 0 Å². The van der Waals surface area contributed by atoms with E-state index in [4.69, 9.17) is 8.83 Å². The monoisotopic (exact) mass is 408 g/mol. The number of allylic oxidation sites excluding steroid dienone is 10. The molecule has 0 spiro atoms. The lowest BCUT2D eigenvalue weighted by atomic mass is 9.77. The molecule has 2 nitrogen and oxygen atoms in total. The molecule has 2 aromatic heterocycles. The van der Waals surface area contributed by atoms with Gasteiger partial charge in [0.1, 0.15) is 23.0 Å². The highest BCUT2D eigenvalue weighted by Gasteiger charge is 2.34. The molecule has 2 aromatic rings. The molecule has 0 aliphatic heterocycles. The third-order valence-corrected chi connectivity index (χ3v) is 5.43. The van der Waals surface area contributed by atoms with E-state index in [1.807, 2.05) is 32.9 Å². The molecular formula is C29H28O2. The normalized spacial score (nSPS) is 18.4. The van der Waals surface area contributed by atoms with Gasteiger partial charge < -0.3 is 8.83 Å². The van der Waals surface area contributed by atoms with Crippen molar-refractivity contribution in [1.82, 2.24) is 0 Å². The summed E-state index contributed by atoms with van der Waals surface area (Å²) in [6, 6.07) is 0. The van der Waals surface area contributed by atoms with E-state index in [-0.39, 0.29) is 0 Å². The Labute approximate surface area is 185 Å². The summed E-state index contributed by atoms with van der Waals surface area (Å²) in [5.41, 5.74) is 7.88. The Hall–Kier alpha value is -3.78. The Balaban J connectivity index is 2.68. The maximum Gasteiger partial charge on any atom is 0.135 e. The first-order valence-corrected chi connectivity index (χ1v) is 10.2. The van der Waals surface area contributed by atoms with Crippen LogP contribution in [0.2, 0.25) is 0 Å². The fourth-order valence-electron chi connectivity index (χ4n) is 4.31. The molecule has 0 amide bonds. The van der Waals surface area contributed by atoms with E-state index in [0.717, 1.165) is 56.1 Å². The van der Waals surface area contributed by atoms with Crippen LogP contribution in [0.1, 0.15) is 59.1 Å². The molecule has 156 valence electrons. The lowest BCUT2D eigenvalue weighted by Crippen LogP contribution is -2.05. The Morgan fingerprint density at radius 2 is 0.935 bits per heavy atom. The summed E-state index contributed by atoms with van der Waals surface area (Å²) in [5.74, 6) is 2.90. The highest BCUT2D eigenvalue weighted by Crippen LogP contribution is 2.51. The average Bonchev–Trinajstić information content (AvgIpc) is 3.29. The van der Waals surface area contributed by atoms with E-state index >= 15 is 0 Å². The van der Waals surface area contributed by atoms with Crippen LogP contribution in [0.25, 0.3) is 40.5 Å². The van der Waals surface area contributed by atoms with E-state index in [9.17, 15) is 0 Å². The summed E-state index contributed by atoms with van der Waals surface area (Å²) in [6.45, 7) is 25.9. The molecule has 2 heterocycles. The van der Waals surface area contributed by atoms with E-state index in [1.165, 1.54) is 0 Å². The maximum absolute atomic E-state index is 6.19. The zero-order valence-corrected chi connectivity index (χ0v) is 18.5. The van der Waals surface area contributed by atoms with Gasteiger partial charge in [-0.05, 0) is 61.3 Å². The Morgan fingerprint density at radius 1 is 0.548 bits per heavy atom. The maximum atomic E-state index is 6.19. The minimum Gasteiger partial charge on any atom is -0.461 e. The van der Waals surface area contributed by atoms with Crippen molar-refractivity contribution < 1.29 is 8.83 Å². The predicted octanol–water partition coefficient (Wildman–Crippen LogP) is 8.77. The number of fused-ring (bicyclic) bond motifs is 2. The third-order valence-electron chi connectivity index (χ3n) is 5.43. The lowest BCUT2D eigenvalue weighted by Gasteiger charge is -2.23. The van der Waals surface area contributed by atoms with Crippen LogP contribution in [0.5, 0.6) is 0 Å². The van der Waals surface area contributed by atoms with Gasteiger partial charge in [-0.1, -0.05) is 69.4 Å². The van der Waals surface area contributed by atoms with Crippen LogP contribution in [0.3, 0.4) is 0 Å². The van der Waals surface area contributed by atoms with E-state index in [0.29, 0.717) is 11.5 Å². The summed E-state index contributed by atoms with van der Waals surface area (Å²) in [7, 11) is 0. The Morgan fingerprint density at radius 3 is 1.35 bits per heavy atom. The summed E-state index contributed by atoms with van der Waals surface area (Å²) < 4.78 is 12.4. The first-order valence-electron chi connectivity index (χ1n) is 10.2. The smallest absolute Gasteiger partial charge is 0.135 e. The standard InChI is InChI=1S/C29H28O2/c1-9-16-21-19(11-3)28-24(14-6)31-25(15-7)29(28)22(17-10-2)20(12-4)27-23(13-5)30-18(8)26(21)27/h9-17H,1-2,5-7H2,3-4,8H3/b19-11-,20-12-,21-16-,22-17-. The first-order chi connectivity index (χ1) is 15.0. The molecule has 3 rings (SSSR count). The second-order valence-corrected chi connectivity index (χ2v) is 7.00. The van der Waals surface area contributed by atoms with Crippen LogP contribution in [-0.4, -0.2) is 0 Å². The highest BCUT2D eigenvalue weighted by molar-refractivity contribution is 6.20. The Bertz CT molecular complexity index is 1230. The summed E-state index contributed by atoms with van der Waals surface area (Å²) >= 11 is 0. The fourth-order valence-corrected chi connectivity index (χ4v) is 4.31.